The van der Waals surface area contributed by atoms with Crippen molar-refractivity contribution in [3.05, 3.63) is 0 Å². The van der Waals surface area contributed by atoms with Gasteiger partial charge in [-0.25, -0.2) is 0 Å². The summed E-state index contributed by atoms with van der Waals surface area (Å²) in [5.41, 5.74) is 5.69. The fraction of sp³-hybridized carbons (Fsp3) is 1.00. The Balaban J connectivity index is 2.52. The number of hydrogen-bond donors (Lipinski definition) is 2. The van der Waals surface area contributed by atoms with E-state index in [0.29, 0.717) is 13.2 Å². The highest BCUT2D eigenvalue weighted by molar-refractivity contribution is 5.05. The molecule has 0 amide bonds. The molecule has 1 unspecified atom stereocenters. The zero-order valence-electron chi connectivity index (χ0n) is 7.97. The molecule has 1 saturated carbocycles. The number of hydrogen-bond acceptors (Lipinski definition) is 3. The van der Waals surface area contributed by atoms with E-state index in [0.717, 1.165) is 12.8 Å². The Morgan fingerprint density at radius 3 is 2.33 bits per heavy atom. The van der Waals surface area contributed by atoms with Gasteiger partial charge in [0.2, 0.25) is 0 Å². The molecular weight excluding hydrogens is 154 g/mol. The first-order valence-electron chi connectivity index (χ1n) is 4.53. The first-order valence-corrected chi connectivity index (χ1v) is 4.53. The summed E-state index contributed by atoms with van der Waals surface area (Å²) >= 11 is 0. The lowest BCUT2D eigenvalue weighted by atomic mass is 9.58. The quantitative estimate of drug-likeness (QED) is 0.651. The van der Waals surface area contributed by atoms with E-state index < -0.39 is 0 Å². The van der Waals surface area contributed by atoms with Crippen LogP contribution in [0.25, 0.3) is 0 Å². The summed E-state index contributed by atoms with van der Waals surface area (Å²) in [6, 6.07) is 0. The molecule has 0 aromatic carbocycles. The van der Waals surface area contributed by atoms with Crippen molar-refractivity contribution in [3.8, 4) is 0 Å². The van der Waals surface area contributed by atoms with Gasteiger partial charge in [0.05, 0.1) is 18.8 Å². The van der Waals surface area contributed by atoms with E-state index in [4.69, 9.17) is 15.6 Å². The highest BCUT2D eigenvalue weighted by atomic mass is 16.5. The van der Waals surface area contributed by atoms with Gasteiger partial charge in [0.15, 0.2) is 0 Å². The summed E-state index contributed by atoms with van der Waals surface area (Å²) in [6.45, 7) is 5.37. The van der Waals surface area contributed by atoms with E-state index in [1.807, 2.05) is 0 Å². The van der Waals surface area contributed by atoms with Gasteiger partial charge < -0.3 is 15.6 Å². The van der Waals surface area contributed by atoms with E-state index in [1.165, 1.54) is 0 Å². The van der Waals surface area contributed by atoms with Crippen LogP contribution in [0.15, 0.2) is 0 Å². The van der Waals surface area contributed by atoms with Crippen LogP contribution in [0.5, 0.6) is 0 Å². The van der Waals surface area contributed by atoms with E-state index in [2.05, 4.69) is 13.8 Å². The number of rotatable bonds is 4. The maximum Gasteiger partial charge on any atom is 0.0856 e. The van der Waals surface area contributed by atoms with Crippen LogP contribution in [0, 0.1) is 5.41 Å². The first kappa shape index (κ1) is 9.96. The lowest BCUT2D eigenvalue weighted by Gasteiger charge is -2.55. The van der Waals surface area contributed by atoms with Gasteiger partial charge in [-0.3, -0.25) is 0 Å². The summed E-state index contributed by atoms with van der Waals surface area (Å²) in [4.78, 5) is 0. The molecule has 1 atom stereocenters. The van der Waals surface area contributed by atoms with Crippen LogP contribution in [0.4, 0.5) is 0 Å². The minimum absolute atomic E-state index is 0.0812. The molecule has 0 saturated heterocycles. The van der Waals surface area contributed by atoms with Crippen LogP contribution in [-0.4, -0.2) is 30.5 Å². The van der Waals surface area contributed by atoms with E-state index in [-0.39, 0.29) is 17.6 Å². The average molecular weight is 173 g/mol. The van der Waals surface area contributed by atoms with Crippen LogP contribution >= 0.6 is 0 Å². The molecule has 1 aliphatic rings. The van der Waals surface area contributed by atoms with Gasteiger partial charge in [0.1, 0.15) is 0 Å². The molecule has 0 aromatic rings. The third kappa shape index (κ3) is 1.37. The van der Waals surface area contributed by atoms with Crippen LogP contribution in [0.1, 0.15) is 26.7 Å². The van der Waals surface area contributed by atoms with Crippen LogP contribution in [0.2, 0.25) is 0 Å². The van der Waals surface area contributed by atoms with Gasteiger partial charge in [-0.15, -0.1) is 0 Å². The van der Waals surface area contributed by atoms with Crippen LogP contribution in [0.3, 0.4) is 0 Å². The zero-order chi connectivity index (χ0) is 9.24. The number of ether oxygens (including phenoxy) is 1. The van der Waals surface area contributed by atoms with Gasteiger partial charge in [0.25, 0.3) is 0 Å². The highest BCUT2D eigenvalue weighted by Crippen LogP contribution is 2.51. The Kier molecular flexibility index (Phi) is 2.76. The van der Waals surface area contributed by atoms with Crippen molar-refractivity contribution in [1.29, 1.82) is 0 Å². The minimum Gasteiger partial charge on any atom is -0.394 e. The second kappa shape index (κ2) is 3.32. The fourth-order valence-corrected chi connectivity index (χ4v) is 1.85. The van der Waals surface area contributed by atoms with Gasteiger partial charge in [-0.1, -0.05) is 13.8 Å². The Labute approximate surface area is 73.9 Å². The van der Waals surface area contributed by atoms with Crippen molar-refractivity contribution >= 4 is 0 Å². The summed E-state index contributed by atoms with van der Waals surface area (Å²) < 4.78 is 5.60. The molecule has 3 nitrogen and oxygen atoms in total. The summed E-state index contributed by atoms with van der Waals surface area (Å²) in [6.07, 6.45) is 2.19. The fourth-order valence-electron chi connectivity index (χ4n) is 1.85. The molecule has 3 heteroatoms. The molecule has 1 aliphatic carbocycles. The molecule has 3 N–H and O–H groups in total. The SMILES string of the molecule is CC1(C)CCC1(CN)OCCO. The number of aliphatic hydroxyl groups is 1. The van der Waals surface area contributed by atoms with Crippen LogP contribution in [-0.2, 0) is 4.74 Å². The number of aliphatic hydroxyl groups excluding tert-OH is 1. The Hall–Kier alpha value is -0.120. The van der Waals surface area contributed by atoms with E-state index in [1.54, 1.807) is 0 Å². The number of nitrogens with two attached hydrogens (primary N) is 1. The molecule has 0 aliphatic heterocycles. The monoisotopic (exact) mass is 173 g/mol. The van der Waals surface area contributed by atoms with E-state index in [9.17, 15) is 0 Å². The second-order valence-corrected chi connectivity index (χ2v) is 4.15. The normalized spacial score (nSPS) is 33.0. The minimum atomic E-state index is -0.171. The molecule has 0 aromatic heterocycles. The van der Waals surface area contributed by atoms with Gasteiger partial charge >= 0.3 is 0 Å². The Morgan fingerprint density at radius 1 is 1.42 bits per heavy atom. The molecule has 0 radical (unpaired) electrons. The second-order valence-electron chi connectivity index (χ2n) is 4.15. The van der Waals surface area contributed by atoms with Crippen molar-refractivity contribution in [3.63, 3.8) is 0 Å². The largest absolute Gasteiger partial charge is 0.394 e. The van der Waals surface area contributed by atoms with Crippen molar-refractivity contribution < 1.29 is 9.84 Å². The predicted molar refractivity (Wildman–Crippen MR) is 47.8 cm³/mol. The molecule has 12 heavy (non-hydrogen) atoms. The predicted octanol–water partition coefficient (Wildman–Crippen LogP) is 0.513. The van der Waals surface area contributed by atoms with Gasteiger partial charge in [-0.05, 0) is 18.3 Å². The zero-order valence-corrected chi connectivity index (χ0v) is 7.97. The van der Waals surface area contributed by atoms with E-state index >= 15 is 0 Å². The highest BCUT2D eigenvalue weighted by Gasteiger charge is 2.52. The molecule has 0 bridgehead atoms. The maximum absolute atomic E-state index is 8.65. The van der Waals surface area contributed by atoms with Crippen molar-refractivity contribution in [2.24, 2.45) is 11.1 Å². The van der Waals surface area contributed by atoms with Crippen molar-refractivity contribution in [2.75, 3.05) is 19.8 Å². The Bertz CT molecular complexity index is 155. The third-order valence-electron chi connectivity index (χ3n) is 3.19. The molecule has 0 spiro atoms. The molecule has 72 valence electrons. The molecular formula is C9H19NO2. The smallest absolute Gasteiger partial charge is 0.0856 e. The molecule has 1 rings (SSSR count). The standard InChI is InChI=1S/C9H19NO2/c1-8(2)3-4-9(8,7-10)12-6-5-11/h11H,3-7,10H2,1-2H3. The van der Waals surface area contributed by atoms with Crippen molar-refractivity contribution in [2.45, 2.75) is 32.3 Å². The third-order valence-corrected chi connectivity index (χ3v) is 3.19. The van der Waals surface area contributed by atoms with Crippen molar-refractivity contribution in [1.82, 2.24) is 0 Å². The molecule has 1 fully saturated rings. The Morgan fingerprint density at radius 2 is 2.08 bits per heavy atom. The maximum atomic E-state index is 8.65. The summed E-state index contributed by atoms with van der Waals surface area (Å²) in [7, 11) is 0. The van der Waals surface area contributed by atoms with Gasteiger partial charge in [-0.2, -0.15) is 0 Å². The topological polar surface area (TPSA) is 55.5 Å². The average Bonchev–Trinajstić information content (AvgIpc) is 2.05. The summed E-state index contributed by atoms with van der Waals surface area (Å²) in [5, 5.41) is 8.65. The first-order chi connectivity index (χ1) is 5.58. The van der Waals surface area contributed by atoms with Crippen LogP contribution < -0.4 is 5.73 Å². The lowest BCUT2D eigenvalue weighted by molar-refractivity contribution is -0.186. The molecule has 0 heterocycles. The lowest BCUT2D eigenvalue weighted by Crippen LogP contribution is -2.60. The summed E-state index contributed by atoms with van der Waals surface area (Å²) in [5.74, 6) is 0. The van der Waals surface area contributed by atoms with Gasteiger partial charge in [0, 0.05) is 6.54 Å².